The van der Waals surface area contributed by atoms with Gasteiger partial charge in [0.05, 0.1) is 0 Å². The highest BCUT2D eigenvalue weighted by atomic mass is 15.1. The third-order valence-corrected chi connectivity index (χ3v) is 4.17. The predicted octanol–water partition coefficient (Wildman–Crippen LogP) is 3.36. The van der Waals surface area contributed by atoms with E-state index in [0.717, 1.165) is 35.8 Å². The Morgan fingerprint density at radius 3 is 2.68 bits per heavy atom. The largest absolute Gasteiger partial charge is 0.398 e. The Balaban J connectivity index is 2.08. The SMILES string of the molecule is Cc1cc2c(N3CCC(C)CC3)ccc(N)c2cn1. The molecule has 0 saturated carbocycles. The van der Waals surface area contributed by atoms with Crippen molar-refractivity contribution in [2.75, 3.05) is 23.7 Å². The molecule has 0 atom stereocenters. The number of aryl methyl sites for hydroxylation is 1. The standard InChI is InChI=1S/C16H21N3/c1-11-5-7-19(8-6-11)16-4-3-15(17)14-10-18-12(2)9-13(14)16/h3-4,9-11H,5-8,17H2,1-2H3. The highest BCUT2D eigenvalue weighted by Gasteiger charge is 2.18. The van der Waals surface area contributed by atoms with Crippen molar-refractivity contribution in [2.45, 2.75) is 26.7 Å². The van der Waals surface area contributed by atoms with Gasteiger partial charge in [0.2, 0.25) is 0 Å². The summed E-state index contributed by atoms with van der Waals surface area (Å²) in [6.45, 7) is 6.65. The summed E-state index contributed by atoms with van der Waals surface area (Å²) in [4.78, 5) is 6.86. The Labute approximate surface area is 114 Å². The number of aromatic nitrogens is 1. The first-order valence-corrected chi connectivity index (χ1v) is 7.05. The van der Waals surface area contributed by atoms with Gasteiger partial charge in [-0.25, -0.2) is 0 Å². The van der Waals surface area contributed by atoms with Gasteiger partial charge in [-0.05, 0) is 43.9 Å². The fourth-order valence-electron chi connectivity index (χ4n) is 2.88. The first-order valence-electron chi connectivity index (χ1n) is 7.05. The van der Waals surface area contributed by atoms with Crippen LogP contribution in [0.1, 0.15) is 25.5 Å². The molecule has 0 amide bonds. The van der Waals surface area contributed by atoms with E-state index in [1.807, 2.05) is 19.2 Å². The molecule has 2 aromatic rings. The number of hydrogen-bond donors (Lipinski definition) is 1. The molecule has 1 saturated heterocycles. The third-order valence-electron chi connectivity index (χ3n) is 4.17. The molecule has 1 fully saturated rings. The molecule has 0 aliphatic carbocycles. The van der Waals surface area contributed by atoms with E-state index in [0.29, 0.717) is 0 Å². The summed E-state index contributed by atoms with van der Waals surface area (Å²) in [6, 6.07) is 6.32. The zero-order valence-corrected chi connectivity index (χ0v) is 11.7. The van der Waals surface area contributed by atoms with Crippen LogP contribution in [0.2, 0.25) is 0 Å². The molecule has 2 heterocycles. The van der Waals surface area contributed by atoms with Gasteiger partial charge < -0.3 is 10.6 Å². The molecule has 1 aliphatic heterocycles. The van der Waals surface area contributed by atoms with Crippen molar-refractivity contribution < 1.29 is 0 Å². The van der Waals surface area contributed by atoms with Crippen molar-refractivity contribution in [2.24, 2.45) is 5.92 Å². The zero-order valence-electron chi connectivity index (χ0n) is 11.7. The fourth-order valence-corrected chi connectivity index (χ4v) is 2.88. The van der Waals surface area contributed by atoms with Crippen LogP contribution in [0.25, 0.3) is 10.8 Å². The summed E-state index contributed by atoms with van der Waals surface area (Å²) >= 11 is 0. The Morgan fingerprint density at radius 1 is 1.21 bits per heavy atom. The van der Waals surface area contributed by atoms with Crippen LogP contribution in [-0.2, 0) is 0 Å². The van der Waals surface area contributed by atoms with E-state index < -0.39 is 0 Å². The maximum atomic E-state index is 6.07. The lowest BCUT2D eigenvalue weighted by molar-refractivity contribution is 0.439. The number of nitrogens with two attached hydrogens (primary N) is 1. The molecular formula is C16H21N3. The maximum Gasteiger partial charge on any atom is 0.0448 e. The summed E-state index contributed by atoms with van der Waals surface area (Å²) < 4.78 is 0. The lowest BCUT2D eigenvalue weighted by atomic mass is 9.97. The molecule has 0 radical (unpaired) electrons. The average Bonchev–Trinajstić information content (AvgIpc) is 2.40. The van der Waals surface area contributed by atoms with Crippen molar-refractivity contribution in [3.63, 3.8) is 0 Å². The Kier molecular flexibility index (Phi) is 3.05. The third kappa shape index (κ3) is 2.25. The van der Waals surface area contributed by atoms with Gasteiger partial charge in [-0.2, -0.15) is 0 Å². The lowest BCUT2D eigenvalue weighted by Crippen LogP contribution is -2.32. The normalized spacial score (nSPS) is 17.1. The molecule has 2 N–H and O–H groups in total. The molecule has 19 heavy (non-hydrogen) atoms. The van der Waals surface area contributed by atoms with E-state index in [1.54, 1.807) is 0 Å². The Morgan fingerprint density at radius 2 is 1.95 bits per heavy atom. The summed E-state index contributed by atoms with van der Waals surface area (Å²) in [5.41, 5.74) is 9.24. The van der Waals surface area contributed by atoms with E-state index in [9.17, 15) is 0 Å². The highest BCUT2D eigenvalue weighted by molar-refractivity contribution is 6.01. The van der Waals surface area contributed by atoms with Crippen LogP contribution < -0.4 is 10.6 Å². The molecule has 1 aliphatic rings. The number of nitrogens with zero attached hydrogens (tertiary/aromatic N) is 2. The van der Waals surface area contributed by atoms with Crippen LogP contribution >= 0.6 is 0 Å². The highest BCUT2D eigenvalue weighted by Crippen LogP contribution is 2.33. The number of fused-ring (bicyclic) bond motifs is 1. The van der Waals surface area contributed by atoms with Gasteiger partial charge >= 0.3 is 0 Å². The summed E-state index contributed by atoms with van der Waals surface area (Å²) in [5.74, 6) is 0.847. The number of hydrogen-bond acceptors (Lipinski definition) is 3. The van der Waals surface area contributed by atoms with Crippen molar-refractivity contribution in [3.8, 4) is 0 Å². The molecule has 0 bridgehead atoms. The van der Waals surface area contributed by atoms with Crippen LogP contribution in [0.15, 0.2) is 24.4 Å². The number of nitrogen functional groups attached to an aromatic ring is 1. The minimum Gasteiger partial charge on any atom is -0.398 e. The minimum absolute atomic E-state index is 0.816. The van der Waals surface area contributed by atoms with Gasteiger partial charge in [0.15, 0.2) is 0 Å². The quantitative estimate of drug-likeness (QED) is 0.794. The average molecular weight is 255 g/mol. The smallest absolute Gasteiger partial charge is 0.0448 e. The second-order valence-electron chi connectivity index (χ2n) is 5.71. The summed E-state index contributed by atoms with van der Waals surface area (Å²) in [7, 11) is 0. The van der Waals surface area contributed by atoms with Gasteiger partial charge in [0, 0.05) is 47.1 Å². The molecular weight excluding hydrogens is 234 g/mol. The Bertz CT molecular complexity index is 598. The van der Waals surface area contributed by atoms with Gasteiger partial charge in [-0.3, -0.25) is 4.98 Å². The predicted molar refractivity (Wildman–Crippen MR) is 81.5 cm³/mol. The van der Waals surface area contributed by atoms with Gasteiger partial charge in [-0.15, -0.1) is 0 Å². The molecule has 0 unspecified atom stereocenters. The zero-order chi connectivity index (χ0) is 13.4. The monoisotopic (exact) mass is 255 g/mol. The van der Waals surface area contributed by atoms with Gasteiger partial charge in [0.1, 0.15) is 0 Å². The Hall–Kier alpha value is -1.77. The van der Waals surface area contributed by atoms with E-state index in [2.05, 4.69) is 28.9 Å². The van der Waals surface area contributed by atoms with Crippen LogP contribution in [0.5, 0.6) is 0 Å². The van der Waals surface area contributed by atoms with Crippen molar-refractivity contribution >= 4 is 22.1 Å². The second-order valence-corrected chi connectivity index (χ2v) is 5.71. The summed E-state index contributed by atoms with van der Waals surface area (Å²) in [6.07, 6.45) is 4.45. The van der Waals surface area contributed by atoms with Crippen molar-refractivity contribution in [3.05, 3.63) is 30.1 Å². The van der Waals surface area contributed by atoms with E-state index >= 15 is 0 Å². The maximum absolute atomic E-state index is 6.07. The second kappa shape index (κ2) is 4.72. The minimum atomic E-state index is 0.816. The number of piperidine rings is 1. The number of pyridine rings is 1. The molecule has 3 nitrogen and oxygen atoms in total. The van der Waals surface area contributed by atoms with Gasteiger partial charge in [0.25, 0.3) is 0 Å². The molecule has 1 aromatic carbocycles. The van der Waals surface area contributed by atoms with Gasteiger partial charge in [-0.1, -0.05) is 6.92 Å². The van der Waals surface area contributed by atoms with E-state index in [-0.39, 0.29) is 0 Å². The van der Waals surface area contributed by atoms with Crippen LogP contribution in [0.3, 0.4) is 0 Å². The van der Waals surface area contributed by atoms with E-state index in [1.165, 1.54) is 23.9 Å². The molecule has 3 rings (SSSR count). The fraction of sp³-hybridized carbons (Fsp3) is 0.438. The topological polar surface area (TPSA) is 42.1 Å². The van der Waals surface area contributed by atoms with Crippen LogP contribution in [-0.4, -0.2) is 18.1 Å². The lowest BCUT2D eigenvalue weighted by Gasteiger charge is -2.33. The van der Waals surface area contributed by atoms with Crippen LogP contribution in [0, 0.1) is 12.8 Å². The van der Waals surface area contributed by atoms with E-state index in [4.69, 9.17) is 5.73 Å². The first-order chi connectivity index (χ1) is 9.15. The number of rotatable bonds is 1. The molecule has 1 aromatic heterocycles. The van der Waals surface area contributed by atoms with Crippen molar-refractivity contribution in [1.82, 2.24) is 4.98 Å². The molecule has 3 heteroatoms. The summed E-state index contributed by atoms with van der Waals surface area (Å²) in [5, 5.41) is 2.31. The first kappa shape index (κ1) is 12.3. The van der Waals surface area contributed by atoms with Crippen LogP contribution in [0.4, 0.5) is 11.4 Å². The molecule has 100 valence electrons. The number of anilines is 2. The number of benzene rings is 1. The molecule has 0 spiro atoms. The van der Waals surface area contributed by atoms with Crippen molar-refractivity contribution in [1.29, 1.82) is 0 Å².